The summed E-state index contributed by atoms with van der Waals surface area (Å²) >= 11 is 0. The Morgan fingerprint density at radius 1 is 1.43 bits per heavy atom. The number of aromatic amines is 1. The number of hydrogen-bond donors (Lipinski definition) is 2. The lowest BCUT2D eigenvalue weighted by molar-refractivity contribution is 0.0912. The van der Waals surface area contributed by atoms with E-state index in [1.807, 2.05) is 34.6 Å². The molecule has 0 radical (unpaired) electrons. The van der Waals surface area contributed by atoms with Gasteiger partial charge in [-0.1, -0.05) is 13.8 Å². The van der Waals surface area contributed by atoms with Crippen LogP contribution in [0.15, 0.2) is 6.07 Å². The van der Waals surface area contributed by atoms with Gasteiger partial charge in [0.1, 0.15) is 11.5 Å². The second-order valence-corrected chi connectivity index (χ2v) is 5.46. The van der Waals surface area contributed by atoms with Crippen molar-refractivity contribution in [1.29, 1.82) is 0 Å². The lowest BCUT2D eigenvalue weighted by Crippen LogP contribution is -2.33. The van der Waals surface area contributed by atoms with Crippen LogP contribution in [0.4, 0.5) is 0 Å². The zero-order valence-corrected chi connectivity index (χ0v) is 13.1. The van der Waals surface area contributed by atoms with E-state index in [1.165, 1.54) is 0 Å². The van der Waals surface area contributed by atoms with Crippen LogP contribution >= 0.6 is 0 Å². The smallest absolute Gasteiger partial charge is 0.270 e. The van der Waals surface area contributed by atoms with E-state index in [0.29, 0.717) is 18.1 Å². The zero-order valence-electron chi connectivity index (χ0n) is 13.1. The largest absolute Gasteiger partial charge is 0.340 e. The Morgan fingerprint density at radius 2 is 2.14 bits per heavy atom. The number of aryl methyl sites for hydroxylation is 3. The molecule has 21 heavy (non-hydrogen) atoms. The molecule has 1 amide bonds. The van der Waals surface area contributed by atoms with Gasteiger partial charge in [-0.25, -0.2) is 4.98 Å². The summed E-state index contributed by atoms with van der Waals surface area (Å²) in [6.45, 7) is 10.4. The Hall–Kier alpha value is -2.18. The molecule has 2 aromatic heterocycles. The lowest BCUT2D eigenvalue weighted by Gasteiger charge is -2.19. The highest BCUT2D eigenvalue weighted by Gasteiger charge is 2.24. The van der Waals surface area contributed by atoms with Gasteiger partial charge in [-0.3, -0.25) is 14.6 Å². The van der Waals surface area contributed by atoms with E-state index in [4.69, 9.17) is 0 Å². The van der Waals surface area contributed by atoms with E-state index in [-0.39, 0.29) is 17.9 Å². The molecule has 2 N–H and O–H groups in total. The maximum atomic E-state index is 12.5. The van der Waals surface area contributed by atoms with Gasteiger partial charge in [0.2, 0.25) is 0 Å². The number of H-pyrrole nitrogens is 1. The number of carbonyl (C=O) groups is 1. The van der Waals surface area contributed by atoms with Crippen molar-refractivity contribution in [1.82, 2.24) is 30.3 Å². The molecule has 0 unspecified atom stereocenters. The average Bonchev–Trinajstić information content (AvgIpc) is 3.01. The van der Waals surface area contributed by atoms with Crippen LogP contribution in [-0.2, 0) is 6.54 Å². The fourth-order valence-corrected chi connectivity index (χ4v) is 2.21. The molecule has 0 aliphatic carbocycles. The van der Waals surface area contributed by atoms with E-state index in [9.17, 15) is 4.79 Å². The van der Waals surface area contributed by atoms with Gasteiger partial charge in [0.15, 0.2) is 5.82 Å². The van der Waals surface area contributed by atoms with Gasteiger partial charge in [-0.15, -0.1) is 0 Å². The van der Waals surface area contributed by atoms with Gasteiger partial charge >= 0.3 is 0 Å². The number of aromatic nitrogens is 5. The fraction of sp³-hybridized carbons (Fsp3) is 0.571. The SMILES string of the molecule is CCn1nc(C)cc1C(=O)N[C@@H](c1n[nH]c(C)n1)C(C)C. The summed E-state index contributed by atoms with van der Waals surface area (Å²) in [6, 6.07) is 1.56. The topological polar surface area (TPSA) is 88.5 Å². The van der Waals surface area contributed by atoms with Crippen molar-refractivity contribution in [2.75, 3.05) is 0 Å². The Kier molecular flexibility index (Phi) is 4.40. The van der Waals surface area contributed by atoms with Gasteiger partial charge in [0.05, 0.1) is 11.7 Å². The number of hydrogen-bond acceptors (Lipinski definition) is 4. The first-order valence-corrected chi connectivity index (χ1v) is 7.16. The Bertz CT molecular complexity index is 627. The van der Waals surface area contributed by atoms with E-state index < -0.39 is 0 Å². The monoisotopic (exact) mass is 290 g/mol. The molecule has 7 heteroatoms. The van der Waals surface area contributed by atoms with Crippen LogP contribution in [0, 0.1) is 19.8 Å². The lowest BCUT2D eigenvalue weighted by atomic mass is 10.0. The van der Waals surface area contributed by atoms with E-state index in [0.717, 1.165) is 11.5 Å². The molecule has 0 fully saturated rings. The van der Waals surface area contributed by atoms with Crippen LogP contribution < -0.4 is 5.32 Å². The molecule has 114 valence electrons. The van der Waals surface area contributed by atoms with Gasteiger partial charge in [0, 0.05) is 6.54 Å². The maximum Gasteiger partial charge on any atom is 0.270 e. The van der Waals surface area contributed by atoms with Crippen LogP contribution in [-0.4, -0.2) is 30.9 Å². The Balaban J connectivity index is 2.22. The predicted molar refractivity (Wildman–Crippen MR) is 78.8 cm³/mol. The summed E-state index contributed by atoms with van der Waals surface area (Å²) in [7, 11) is 0. The van der Waals surface area contributed by atoms with E-state index in [2.05, 4.69) is 25.6 Å². The molecule has 1 atom stereocenters. The summed E-state index contributed by atoms with van der Waals surface area (Å²) in [5.74, 6) is 1.37. The normalized spacial score (nSPS) is 12.7. The molecule has 0 saturated heterocycles. The molecule has 2 aromatic rings. The molecule has 0 bridgehead atoms. The molecule has 7 nitrogen and oxygen atoms in total. The molecular weight excluding hydrogens is 268 g/mol. The number of carbonyl (C=O) groups excluding carboxylic acids is 1. The van der Waals surface area contributed by atoms with Crippen molar-refractivity contribution < 1.29 is 4.79 Å². The first-order chi connectivity index (χ1) is 9.92. The Morgan fingerprint density at radius 3 is 2.67 bits per heavy atom. The molecular formula is C14H22N6O. The standard InChI is InChI=1S/C14H22N6O/c1-6-20-11(7-9(4)19-20)14(21)16-12(8(2)3)13-15-10(5)17-18-13/h7-8,12H,6H2,1-5H3,(H,16,21)(H,15,17,18)/t12-/m1/s1. The third-order valence-corrected chi connectivity index (χ3v) is 3.28. The minimum Gasteiger partial charge on any atom is -0.340 e. The van der Waals surface area contributed by atoms with Gasteiger partial charge in [-0.05, 0) is 32.8 Å². The first-order valence-electron chi connectivity index (χ1n) is 7.16. The maximum absolute atomic E-state index is 12.5. The fourth-order valence-electron chi connectivity index (χ4n) is 2.21. The van der Waals surface area contributed by atoms with Crippen molar-refractivity contribution in [3.63, 3.8) is 0 Å². The zero-order chi connectivity index (χ0) is 15.6. The molecule has 0 aliphatic heterocycles. The highest BCUT2D eigenvalue weighted by molar-refractivity contribution is 5.92. The predicted octanol–water partition coefficient (Wildman–Crippen LogP) is 1.77. The summed E-state index contributed by atoms with van der Waals surface area (Å²) in [4.78, 5) is 16.8. The van der Waals surface area contributed by atoms with E-state index >= 15 is 0 Å². The second kappa shape index (κ2) is 6.07. The third-order valence-electron chi connectivity index (χ3n) is 3.28. The van der Waals surface area contributed by atoms with E-state index in [1.54, 1.807) is 10.7 Å². The number of nitrogens with one attached hydrogen (secondary N) is 2. The number of nitrogens with zero attached hydrogens (tertiary/aromatic N) is 4. The van der Waals surface area contributed by atoms with Crippen LogP contribution in [0.2, 0.25) is 0 Å². The summed E-state index contributed by atoms with van der Waals surface area (Å²) < 4.78 is 1.70. The molecule has 0 spiro atoms. The van der Waals surface area contributed by atoms with Crippen LogP contribution in [0.25, 0.3) is 0 Å². The Labute approximate surface area is 124 Å². The van der Waals surface area contributed by atoms with Crippen LogP contribution in [0.5, 0.6) is 0 Å². The minimum absolute atomic E-state index is 0.154. The van der Waals surface area contributed by atoms with Crippen molar-refractivity contribution in [3.8, 4) is 0 Å². The minimum atomic E-state index is -0.233. The van der Waals surface area contributed by atoms with Crippen molar-refractivity contribution >= 4 is 5.91 Å². The molecule has 0 aliphatic rings. The van der Waals surface area contributed by atoms with Crippen molar-refractivity contribution in [3.05, 3.63) is 29.1 Å². The third kappa shape index (κ3) is 3.29. The van der Waals surface area contributed by atoms with Crippen LogP contribution in [0.3, 0.4) is 0 Å². The molecule has 2 heterocycles. The quantitative estimate of drug-likeness (QED) is 0.878. The van der Waals surface area contributed by atoms with Crippen molar-refractivity contribution in [2.45, 2.75) is 47.2 Å². The summed E-state index contributed by atoms with van der Waals surface area (Å²) in [5, 5.41) is 14.3. The molecule has 0 saturated carbocycles. The average molecular weight is 290 g/mol. The van der Waals surface area contributed by atoms with Gasteiger partial charge in [-0.2, -0.15) is 10.2 Å². The summed E-state index contributed by atoms with van der Waals surface area (Å²) in [5.41, 5.74) is 1.39. The highest BCUT2D eigenvalue weighted by atomic mass is 16.2. The van der Waals surface area contributed by atoms with Crippen molar-refractivity contribution in [2.24, 2.45) is 5.92 Å². The highest BCUT2D eigenvalue weighted by Crippen LogP contribution is 2.19. The van der Waals surface area contributed by atoms with Crippen LogP contribution in [0.1, 0.15) is 54.6 Å². The van der Waals surface area contributed by atoms with Gasteiger partial charge in [0.25, 0.3) is 5.91 Å². The summed E-state index contributed by atoms with van der Waals surface area (Å²) in [6.07, 6.45) is 0. The number of amides is 1. The number of rotatable bonds is 5. The van der Waals surface area contributed by atoms with Gasteiger partial charge < -0.3 is 5.32 Å². The second-order valence-electron chi connectivity index (χ2n) is 5.46. The first kappa shape index (κ1) is 15.2. The molecule has 0 aromatic carbocycles. The molecule has 2 rings (SSSR count).